The minimum atomic E-state index is 0.172. The zero-order valence-electron chi connectivity index (χ0n) is 9.84. The molecule has 1 heterocycles. The Balaban J connectivity index is 1.87. The van der Waals surface area contributed by atoms with Gasteiger partial charge in [0.15, 0.2) is 0 Å². The van der Waals surface area contributed by atoms with Crippen LogP contribution in [0.1, 0.15) is 51.4 Å². The van der Waals surface area contributed by atoms with Crippen molar-refractivity contribution in [1.82, 2.24) is 5.32 Å². The summed E-state index contributed by atoms with van der Waals surface area (Å²) in [7, 11) is 0. The molecule has 1 saturated heterocycles. The van der Waals surface area contributed by atoms with E-state index in [-0.39, 0.29) is 11.8 Å². The molecule has 2 atom stereocenters. The lowest BCUT2D eigenvalue weighted by Crippen LogP contribution is -2.25. The van der Waals surface area contributed by atoms with Crippen LogP contribution in [0.25, 0.3) is 0 Å². The van der Waals surface area contributed by atoms with Gasteiger partial charge in [0.05, 0.1) is 0 Å². The second-order valence-electron chi connectivity index (χ2n) is 5.21. The topological polar surface area (TPSA) is 46.2 Å². The van der Waals surface area contributed by atoms with Gasteiger partial charge in [-0.05, 0) is 38.0 Å². The van der Waals surface area contributed by atoms with Crippen molar-refractivity contribution in [3.8, 4) is 0 Å². The van der Waals surface area contributed by atoms with Gasteiger partial charge in [-0.3, -0.25) is 9.59 Å². The maximum atomic E-state index is 11.7. The summed E-state index contributed by atoms with van der Waals surface area (Å²) in [4.78, 5) is 23.2. The van der Waals surface area contributed by atoms with Crippen LogP contribution >= 0.6 is 0 Å². The number of carbonyl (C=O) groups excluding carboxylic acids is 2. The Kier molecular flexibility index (Phi) is 3.97. The van der Waals surface area contributed by atoms with Crippen LogP contribution in [-0.2, 0) is 9.59 Å². The van der Waals surface area contributed by atoms with Crippen LogP contribution in [0, 0.1) is 11.8 Å². The van der Waals surface area contributed by atoms with Gasteiger partial charge < -0.3 is 5.32 Å². The highest BCUT2D eigenvalue weighted by Crippen LogP contribution is 2.30. The Morgan fingerprint density at radius 1 is 1.12 bits per heavy atom. The van der Waals surface area contributed by atoms with Crippen LogP contribution in [0.15, 0.2) is 0 Å². The van der Waals surface area contributed by atoms with Crippen LogP contribution in [0.5, 0.6) is 0 Å². The molecule has 2 rings (SSSR count). The summed E-state index contributed by atoms with van der Waals surface area (Å²) in [5, 5.41) is 2.90. The first kappa shape index (κ1) is 11.6. The second-order valence-corrected chi connectivity index (χ2v) is 5.21. The van der Waals surface area contributed by atoms with Crippen molar-refractivity contribution < 1.29 is 9.59 Å². The Morgan fingerprint density at radius 3 is 2.81 bits per heavy atom. The predicted octanol–water partition coefficient (Wildman–Crippen LogP) is 2.05. The molecule has 2 aliphatic rings. The standard InChI is InChI=1S/C13H21NO2/c15-12-6-2-1-5-11(12)8-10-4-3-7-14-13(16)9-10/h10-11H,1-9H2,(H,14,16). The fourth-order valence-corrected chi connectivity index (χ4v) is 2.96. The first-order valence-corrected chi connectivity index (χ1v) is 6.55. The monoisotopic (exact) mass is 223 g/mol. The van der Waals surface area contributed by atoms with Crippen molar-refractivity contribution >= 4 is 11.7 Å². The third kappa shape index (κ3) is 3.06. The molecule has 0 aromatic carbocycles. The maximum Gasteiger partial charge on any atom is 0.220 e. The minimum Gasteiger partial charge on any atom is -0.356 e. The SMILES string of the molecule is O=C1CC(CC2CCCCC2=O)CCCN1. The molecule has 0 aromatic rings. The van der Waals surface area contributed by atoms with Gasteiger partial charge >= 0.3 is 0 Å². The minimum absolute atomic E-state index is 0.172. The van der Waals surface area contributed by atoms with Crippen LogP contribution in [0.4, 0.5) is 0 Å². The number of hydrogen-bond donors (Lipinski definition) is 1. The zero-order valence-corrected chi connectivity index (χ0v) is 9.84. The van der Waals surface area contributed by atoms with Gasteiger partial charge in [0.1, 0.15) is 5.78 Å². The fraction of sp³-hybridized carbons (Fsp3) is 0.846. The van der Waals surface area contributed by atoms with E-state index >= 15 is 0 Å². The highest BCUT2D eigenvalue weighted by molar-refractivity contribution is 5.81. The Labute approximate surface area is 97.0 Å². The molecule has 1 saturated carbocycles. The molecule has 0 bridgehead atoms. The highest BCUT2D eigenvalue weighted by Gasteiger charge is 2.27. The van der Waals surface area contributed by atoms with Gasteiger partial charge in [0.2, 0.25) is 5.91 Å². The zero-order chi connectivity index (χ0) is 11.4. The summed E-state index contributed by atoms with van der Waals surface area (Å²) >= 11 is 0. The summed E-state index contributed by atoms with van der Waals surface area (Å²) in [6.07, 6.45) is 7.83. The van der Waals surface area contributed by atoms with E-state index in [9.17, 15) is 9.59 Å². The number of Topliss-reactive ketones (excluding diaryl/α,β-unsaturated/α-hetero) is 1. The third-order valence-corrected chi connectivity index (χ3v) is 3.88. The van der Waals surface area contributed by atoms with Gasteiger partial charge in [-0.2, -0.15) is 0 Å². The van der Waals surface area contributed by atoms with Crippen LogP contribution in [0.2, 0.25) is 0 Å². The number of carbonyl (C=O) groups is 2. The predicted molar refractivity (Wildman–Crippen MR) is 61.9 cm³/mol. The van der Waals surface area contributed by atoms with E-state index in [0.717, 1.165) is 45.1 Å². The fourth-order valence-electron chi connectivity index (χ4n) is 2.96. The van der Waals surface area contributed by atoms with Crippen LogP contribution < -0.4 is 5.32 Å². The van der Waals surface area contributed by atoms with Gasteiger partial charge in [0.25, 0.3) is 0 Å². The van der Waals surface area contributed by atoms with Crippen molar-refractivity contribution in [3.63, 3.8) is 0 Å². The van der Waals surface area contributed by atoms with Gasteiger partial charge in [-0.1, -0.05) is 6.42 Å². The van der Waals surface area contributed by atoms with Crippen molar-refractivity contribution in [2.45, 2.75) is 51.4 Å². The molecule has 3 nitrogen and oxygen atoms in total. The molecule has 2 fully saturated rings. The Hall–Kier alpha value is -0.860. The lowest BCUT2D eigenvalue weighted by Gasteiger charge is -2.24. The number of rotatable bonds is 2. The van der Waals surface area contributed by atoms with E-state index < -0.39 is 0 Å². The van der Waals surface area contributed by atoms with Gasteiger partial charge in [0, 0.05) is 25.3 Å². The van der Waals surface area contributed by atoms with E-state index in [1.54, 1.807) is 0 Å². The summed E-state index contributed by atoms with van der Waals surface area (Å²) in [6, 6.07) is 0. The average molecular weight is 223 g/mol. The quantitative estimate of drug-likeness (QED) is 0.778. The largest absolute Gasteiger partial charge is 0.356 e. The van der Waals surface area contributed by atoms with E-state index in [2.05, 4.69) is 5.32 Å². The van der Waals surface area contributed by atoms with E-state index in [1.807, 2.05) is 0 Å². The van der Waals surface area contributed by atoms with Gasteiger partial charge in [-0.15, -0.1) is 0 Å². The van der Waals surface area contributed by atoms with Crippen molar-refractivity contribution in [3.05, 3.63) is 0 Å². The first-order valence-electron chi connectivity index (χ1n) is 6.55. The molecule has 0 spiro atoms. The average Bonchev–Trinajstić information content (AvgIpc) is 2.46. The van der Waals surface area contributed by atoms with Gasteiger partial charge in [-0.25, -0.2) is 0 Å². The molecule has 1 amide bonds. The van der Waals surface area contributed by atoms with Crippen LogP contribution in [0.3, 0.4) is 0 Å². The smallest absolute Gasteiger partial charge is 0.220 e. The molecule has 1 aliphatic carbocycles. The number of amides is 1. The van der Waals surface area contributed by atoms with E-state index in [4.69, 9.17) is 0 Å². The van der Waals surface area contributed by atoms with Crippen molar-refractivity contribution in [1.29, 1.82) is 0 Å². The maximum absolute atomic E-state index is 11.7. The normalized spacial score (nSPS) is 32.0. The summed E-state index contributed by atoms with van der Waals surface area (Å²) in [5.74, 6) is 1.31. The Morgan fingerprint density at radius 2 is 2.00 bits per heavy atom. The molecule has 2 unspecified atom stereocenters. The molecule has 0 radical (unpaired) electrons. The molecule has 3 heteroatoms. The van der Waals surface area contributed by atoms with Crippen LogP contribution in [-0.4, -0.2) is 18.2 Å². The summed E-state index contributed by atoms with van der Waals surface area (Å²) < 4.78 is 0. The lowest BCUT2D eigenvalue weighted by atomic mass is 9.80. The molecule has 90 valence electrons. The molecule has 0 aromatic heterocycles. The summed E-state index contributed by atoms with van der Waals surface area (Å²) in [5.41, 5.74) is 0. The molecule has 16 heavy (non-hydrogen) atoms. The van der Waals surface area contributed by atoms with Crippen molar-refractivity contribution in [2.75, 3.05) is 6.54 Å². The molecule has 1 N–H and O–H groups in total. The first-order chi connectivity index (χ1) is 7.75. The molecular formula is C13H21NO2. The van der Waals surface area contributed by atoms with E-state index in [0.29, 0.717) is 18.1 Å². The Bertz CT molecular complexity index is 275. The second kappa shape index (κ2) is 5.46. The summed E-state index contributed by atoms with van der Waals surface area (Å²) in [6.45, 7) is 0.813. The highest BCUT2D eigenvalue weighted by atomic mass is 16.1. The number of ketones is 1. The number of nitrogens with one attached hydrogen (secondary N) is 1. The lowest BCUT2D eigenvalue weighted by molar-refractivity contribution is -0.126. The van der Waals surface area contributed by atoms with E-state index in [1.165, 1.54) is 6.42 Å². The molecule has 1 aliphatic heterocycles. The third-order valence-electron chi connectivity index (χ3n) is 3.88. The molecular weight excluding hydrogens is 202 g/mol. The van der Waals surface area contributed by atoms with Crippen molar-refractivity contribution in [2.24, 2.45) is 11.8 Å². The number of hydrogen-bond acceptors (Lipinski definition) is 2.